The van der Waals surface area contributed by atoms with Gasteiger partial charge in [0.15, 0.2) is 0 Å². The van der Waals surface area contributed by atoms with Gasteiger partial charge >= 0.3 is 5.97 Å². The first-order valence-corrected chi connectivity index (χ1v) is 6.16. The second-order valence-electron chi connectivity index (χ2n) is 4.61. The van der Waals surface area contributed by atoms with Gasteiger partial charge in [-0.2, -0.15) is 0 Å². The van der Waals surface area contributed by atoms with Crippen molar-refractivity contribution in [3.63, 3.8) is 0 Å². The molecule has 1 rings (SSSR count). The van der Waals surface area contributed by atoms with Crippen LogP contribution in [0.1, 0.15) is 39.5 Å². The summed E-state index contributed by atoms with van der Waals surface area (Å²) >= 11 is 0. The van der Waals surface area contributed by atoms with Crippen molar-refractivity contribution in [3.8, 4) is 0 Å². The van der Waals surface area contributed by atoms with Gasteiger partial charge in [-0.1, -0.05) is 0 Å². The van der Waals surface area contributed by atoms with Crippen LogP contribution in [0.4, 0.5) is 0 Å². The van der Waals surface area contributed by atoms with E-state index in [0.29, 0.717) is 19.6 Å². The summed E-state index contributed by atoms with van der Waals surface area (Å²) in [5.41, 5.74) is 0. The molecule has 0 saturated carbocycles. The van der Waals surface area contributed by atoms with Crippen molar-refractivity contribution < 1.29 is 19.4 Å². The second kappa shape index (κ2) is 6.59. The average molecular weight is 243 g/mol. The summed E-state index contributed by atoms with van der Waals surface area (Å²) in [5, 5.41) is 9.05. The van der Waals surface area contributed by atoms with E-state index in [1.165, 1.54) is 4.90 Å². The third kappa shape index (κ3) is 4.34. The second-order valence-corrected chi connectivity index (χ2v) is 4.61. The number of likely N-dealkylation sites (tertiary alicyclic amines) is 1. The van der Waals surface area contributed by atoms with Crippen molar-refractivity contribution in [2.24, 2.45) is 0 Å². The Bertz CT molecular complexity index is 278. The van der Waals surface area contributed by atoms with Gasteiger partial charge < -0.3 is 14.7 Å². The van der Waals surface area contributed by atoms with Gasteiger partial charge in [0, 0.05) is 6.54 Å². The molecule has 0 aromatic rings. The number of aliphatic carboxylic acids is 1. The topological polar surface area (TPSA) is 66.8 Å². The molecule has 0 spiro atoms. The highest BCUT2D eigenvalue weighted by Gasteiger charge is 2.31. The van der Waals surface area contributed by atoms with Crippen LogP contribution in [-0.4, -0.2) is 47.2 Å². The van der Waals surface area contributed by atoms with E-state index >= 15 is 0 Å². The maximum Gasteiger partial charge on any atom is 0.326 e. The fraction of sp³-hybridized carbons (Fsp3) is 0.833. The summed E-state index contributed by atoms with van der Waals surface area (Å²) in [6, 6.07) is -0.643. The van der Waals surface area contributed by atoms with Gasteiger partial charge in [-0.25, -0.2) is 4.79 Å². The van der Waals surface area contributed by atoms with Crippen LogP contribution in [0, 0.1) is 0 Å². The highest BCUT2D eigenvalue weighted by Crippen LogP contribution is 2.18. The van der Waals surface area contributed by atoms with Crippen LogP contribution in [0.5, 0.6) is 0 Å². The monoisotopic (exact) mass is 243 g/mol. The third-order valence-electron chi connectivity index (χ3n) is 2.88. The summed E-state index contributed by atoms with van der Waals surface area (Å²) in [7, 11) is 0. The first-order chi connectivity index (χ1) is 8.02. The largest absolute Gasteiger partial charge is 0.480 e. The molecular weight excluding hydrogens is 222 g/mol. The van der Waals surface area contributed by atoms with Crippen molar-refractivity contribution in [3.05, 3.63) is 0 Å². The number of carbonyl (C=O) groups excluding carboxylic acids is 1. The minimum absolute atomic E-state index is 0.0967. The molecule has 0 radical (unpaired) electrons. The number of carboxylic acid groups (broad SMARTS) is 1. The molecule has 0 unspecified atom stereocenters. The zero-order valence-electron chi connectivity index (χ0n) is 10.5. The summed E-state index contributed by atoms with van der Waals surface area (Å²) in [5.74, 6) is -1.01. The maximum absolute atomic E-state index is 11.9. The van der Waals surface area contributed by atoms with Gasteiger partial charge in [0.05, 0.1) is 19.1 Å². The lowest BCUT2D eigenvalue weighted by molar-refractivity contribution is -0.152. The van der Waals surface area contributed by atoms with Gasteiger partial charge in [0.2, 0.25) is 5.91 Å². The Hall–Kier alpha value is -1.10. The Morgan fingerprint density at radius 2 is 2.12 bits per heavy atom. The summed E-state index contributed by atoms with van der Waals surface area (Å²) in [6.45, 7) is 4.73. The molecular formula is C12H21NO4. The van der Waals surface area contributed by atoms with Gasteiger partial charge in [0.25, 0.3) is 0 Å². The molecule has 5 heteroatoms. The average Bonchev–Trinajstić information content (AvgIpc) is 2.28. The van der Waals surface area contributed by atoms with E-state index in [9.17, 15) is 9.59 Å². The number of hydrogen-bond acceptors (Lipinski definition) is 3. The molecule has 5 nitrogen and oxygen atoms in total. The molecule has 0 aromatic carbocycles. The smallest absolute Gasteiger partial charge is 0.326 e. The van der Waals surface area contributed by atoms with Crippen molar-refractivity contribution in [1.82, 2.24) is 4.90 Å². The molecule has 1 aliphatic rings. The van der Waals surface area contributed by atoms with Crippen LogP contribution in [0.3, 0.4) is 0 Å². The van der Waals surface area contributed by atoms with Crippen molar-refractivity contribution >= 4 is 11.9 Å². The van der Waals surface area contributed by atoms with E-state index in [2.05, 4.69) is 0 Å². The Balaban J connectivity index is 2.45. The predicted octanol–water partition coefficient (Wildman–Crippen LogP) is 1.27. The number of nitrogens with zero attached hydrogens (tertiary/aromatic N) is 1. The molecule has 98 valence electrons. The van der Waals surface area contributed by atoms with Crippen molar-refractivity contribution in [2.45, 2.75) is 51.7 Å². The highest BCUT2D eigenvalue weighted by molar-refractivity contribution is 5.83. The van der Waals surface area contributed by atoms with Crippen LogP contribution in [0.2, 0.25) is 0 Å². The fourth-order valence-corrected chi connectivity index (χ4v) is 2.01. The summed E-state index contributed by atoms with van der Waals surface area (Å²) < 4.78 is 5.30. The molecule has 0 aliphatic carbocycles. The van der Waals surface area contributed by atoms with E-state index in [0.717, 1.165) is 12.8 Å². The standard InChI is InChI=1S/C12H21NO4/c1-9(2)17-8-6-11(14)13-7-4-3-5-10(13)12(15)16/h9-10H,3-8H2,1-2H3,(H,15,16)/t10-/m0/s1. The van der Waals surface area contributed by atoms with Crippen LogP contribution in [0.15, 0.2) is 0 Å². The number of ether oxygens (including phenoxy) is 1. The van der Waals surface area contributed by atoms with E-state index < -0.39 is 12.0 Å². The van der Waals surface area contributed by atoms with Gasteiger partial charge in [0.1, 0.15) is 6.04 Å². The lowest BCUT2D eigenvalue weighted by Gasteiger charge is -2.33. The molecule has 0 aromatic heterocycles. The summed E-state index contributed by atoms with van der Waals surface area (Å²) in [6.07, 6.45) is 2.69. The molecule has 1 N–H and O–H groups in total. The number of carbonyl (C=O) groups is 2. The lowest BCUT2D eigenvalue weighted by atomic mass is 10.0. The minimum Gasteiger partial charge on any atom is -0.480 e. The van der Waals surface area contributed by atoms with Crippen LogP contribution >= 0.6 is 0 Å². The predicted molar refractivity (Wildman–Crippen MR) is 62.7 cm³/mol. The molecule has 1 atom stereocenters. The van der Waals surface area contributed by atoms with E-state index in [-0.39, 0.29) is 18.4 Å². The Morgan fingerprint density at radius 1 is 1.41 bits per heavy atom. The lowest BCUT2D eigenvalue weighted by Crippen LogP contribution is -2.48. The Kier molecular flexibility index (Phi) is 5.41. The molecule has 1 saturated heterocycles. The van der Waals surface area contributed by atoms with Gasteiger partial charge in [-0.3, -0.25) is 4.79 Å². The normalized spacial score (nSPS) is 20.6. The summed E-state index contributed by atoms with van der Waals surface area (Å²) in [4.78, 5) is 24.4. The number of hydrogen-bond donors (Lipinski definition) is 1. The first kappa shape index (κ1) is 14.0. The van der Waals surface area contributed by atoms with Crippen LogP contribution in [0.25, 0.3) is 0 Å². The Morgan fingerprint density at radius 3 is 2.71 bits per heavy atom. The van der Waals surface area contributed by atoms with Gasteiger partial charge in [-0.15, -0.1) is 0 Å². The zero-order chi connectivity index (χ0) is 12.8. The van der Waals surface area contributed by atoms with Crippen LogP contribution in [-0.2, 0) is 14.3 Å². The molecule has 17 heavy (non-hydrogen) atoms. The number of amides is 1. The highest BCUT2D eigenvalue weighted by atomic mass is 16.5. The first-order valence-electron chi connectivity index (χ1n) is 6.16. The van der Waals surface area contributed by atoms with E-state index in [4.69, 9.17) is 9.84 Å². The molecule has 1 amide bonds. The minimum atomic E-state index is -0.900. The quantitative estimate of drug-likeness (QED) is 0.789. The van der Waals surface area contributed by atoms with E-state index in [1.807, 2.05) is 13.8 Å². The molecule has 1 fully saturated rings. The van der Waals surface area contributed by atoms with E-state index in [1.54, 1.807) is 0 Å². The molecule has 0 bridgehead atoms. The zero-order valence-corrected chi connectivity index (χ0v) is 10.5. The number of piperidine rings is 1. The molecule has 1 aliphatic heterocycles. The molecule has 1 heterocycles. The van der Waals surface area contributed by atoms with Crippen molar-refractivity contribution in [2.75, 3.05) is 13.2 Å². The Labute approximate surface area is 102 Å². The van der Waals surface area contributed by atoms with Gasteiger partial charge in [-0.05, 0) is 33.1 Å². The number of rotatable bonds is 5. The van der Waals surface area contributed by atoms with Crippen LogP contribution < -0.4 is 0 Å². The SMILES string of the molecule is CC(C)OCCC(=O)N1CCCC[C@H]1C(=O)O. The van der Waals surface area contributed by atoms with Crippen molar-refractivity contribution in [1.29, 1.82) is 0 Å². The fourth-order valence-electron chi connectivity index (χ4n) is 2.01. The maximum atomic E-state index is 11.9. The number of carboxylic acids is 1. The third-order valence-corrected chi connectivity index (χ3v) is 2.88.